The Morgan fingerprint density at radius 1 is 0.939 bits per heavy atom. The summed E-state index contributed by atoms with van der Waals surface area (Å²) in [4.78, 5) is 30.2. The van der Waals surface area contributed by atoms with Crippen molar-refractivity contribution in [1.29, 1.82) is 0 Å². The molecule has 0 saturated carbocycles. The minimum atomic E-state index is -0.0785. The van der Waals surface area contributed by atoms with Crippen molar-refractivity contribution in [3.8, 4) is 0 Å². The van der Waals surface area contributed by atoms with E-state index in [0.717, 1.165) is 25.0 Å². The summed E-state index contributed by atoms with van der Waals surface area (Å²) >= 11 is 0. The van der Waals surface area contributed by atoms with Gasteiger partial charge in [0.1, 0.15) is 6.54 Å². The highest BCUT2D eigenvalue weighted by Crippen LogP contribution is 2.14. The van der Waals surface area contributed by atoms with Crippen LogP contribution >= 0.6 is 0 Å². The molecule has 2 aromatic rings. The van der Waals surface area contributed by atoms with E-state index in [9.17, 15) is 9.59 Å². The molecule has 0 aliphatic rings. The Morgan fingerprint density at radius 3 is 2.21 bits per heavy atom. The van der Waals surface area contributed by atoms with Gasteiger partial charge in [-0.1, -0.05) is 51.7 Å². The van der Waals surface area contributed by atoms with Crippen LogP contribution in [0.5, 0.6) is 0 Å². The standard InChI is InChI=1S/C28H43N3O2/c1-6-8-10-11-13-24-15-17-25(18-16-24)28(33)31(23(3)4)22-27(32)30(20-9-7-2)21-26-14-12-19-29(26)5/h12,14-19,23H,6-11,13,20-22H2,1-5H3. The van der Waals surface area contributed by atoms with Crippen LogP contribution in [0.1, 0.15) is 87.8 Å². The lowest BCUT2D eigenvalue weighted by molar-refractivity contribution is -0.133. The van der Waals surface area contributed by atoms with Crippen LogP contribution < -0.4 is 0 Å². The van der Waals surface area contributed by atoms with Crippen molar-refractivity contribution >= 4 is 11.8 Å². The van der Waals surface area contributed by atoms with Crippen molar-refractivity contribution in [2.24, 2.45) is 7.05 Å². The molecule has 1 aromatic heterocycles. The smallest absolute Gasteiger partial charge is 0.254 e. The van der Waals surface area contributed by atoms with Gasteiger partial charge in [-0.3, -0.25) is 9.59 Å². The van der Waals surface area contributed by atoms with E-state index >= 15 is 0 Å². The summed E-state index contributed by atoms with van der Waals surface area (Å²) in [7, 11) is 2.00. The fraction of sp³-hybridized carbons (Fsp3) is 0.571. The third kappa shape index (κ3) is 8.38. The second-order valence-corrected chi connectivity index (χ2v) is 9.31. The van der Waals surface area contributed by atoms with Crippen molar-refractivity contribution in [2.75, 3.05) is 13.1 Å². The number of unbranched alkanes of at least 4 members (excludes halogenated alkanes) is 4. The molecule has 5 nitrogen and oxygen atoms in total. The van der Waals surface area contributed by atoms with Crippen molar-refractivity contribution in [2.45, 2.75) is 85.2 Å². The second kappa shape index (κ2) is 13.9. The summed E-state index contributed by atoms with van der Waals surface area (Å²) in [6.07, 6.45) is 9.95. The highest BCUT2D eigenvalue weighted by atomic mass is 16.2. The lowest BCUT2D eigenvalue weighted by atomic mass is 10.0. The Kier molecular flexibility index (Phi) is 11.2. The van der Waals surface area contributed by atoms with Gasteiger partial charge in [-0.2, -0.15) is 0 Å². The summed E-state index contributed by atoms with van der Waals surface area (Å²) in [6, 6.07) is 11.9. The van der Waals surface area contributed by atoms with E-state index in [1.807, 2.05) is 60.8 Å². The maximum atomic E-state index is 13.3. The minimum Gasteiger partial charge on any atom is -0.353 e. The van der Waals surface area contributed by atoms with Gasteiger partial charge in [-0.05, 0) is 62.9 Å². The predicted octanol–water partition coefficient (Wildman–Crippen LogP) is 5.83. The Balaban J connectivity index is 2.06. The SMILES string of the molecule is CCCCCCc1ccc(C(=O)N(CC(=O)N(CCCC)Cc2cccn2C)C(C)C)cc1. The van der Waals surface area contributed by atoms with E-state index in [0.29, 0.717) is 18.7 Å². The number of nitrogens with zero attached hydrogens (tertiary/aromatic N) is 3. The van der Waals surface area contributed by atoms with Crippen LogP contribution in [0.15, 0.2) is 42.6 Å². The van der Waals surface area contributed by atoms with Crippen molar-refractivity contribution in [1.82, 2.24) is 14.4 Å². The zero-order chi connectivity index (χ0) is 24.2. The van der Waals surface area contributed by atoms with E-state index in [2.05, 4.69) is 26.0 Å². The fourth-order valence-electron chi connectivity index (χ4n) is 3.97. The Morgan fingerprint density at radius 2 is 1.64 bits per heavy atom. The number of rotatable bonds is 14. The summed E-state index contributed by atoms with van der Waals surface area (Å²) in [5, 5.41) is 0. The zero-order valence-corrected chi connectivity index (χ0v) is 21.3. The van der Waals surface area contributed by atoms with Crippen LogP contribution in [-0.2, 0) is 24.8 Å². The van der Waals surface area contributed by atoms with E-state index in [4.69, 9.17) is 0 Å². The number of aromatic nitrogens is 1. The Labute approximate surface area is 200 Å². The highest BCUT2D eigenvalue weighted by molar-refractivity contribution is 5.96. The van der Waals surface area contributed by atoms with Gasteiger partial charge in [0.25, 0.3) is 5.91 Å². The normalized spacial score (nSPS) is 11.1. The van der Waals surface area contributed by atoms with Gasteiger partial charge >= 0.3 is 0 Å². The zero-order valence-electron chi connectivity index (χ0n) is 21.3. The number of carbonyl (C=O) groups excluding carboxylic acids is 2. The van der Waals surface area contributed by atoms with Crippen molar-refractivity contribution in [3.63, 3.8) is 0 Å². The molecule has 0 unspecified atom stereocenters. The molecule has 5 heteroatoms. The molecule has 2 rings (SSSR count). The summed E-state index contributed by atoms with van der Waals surface area (Å²) < 4.78 is 2.04. The average Bonchev–Trinajstić information content (AvgIpc) is 3.21. The summed E-state index contributed by atoms with van der Waals surface area (Å²) in [5.41, 5.74) is 3.01. The van der Waals surface area contributed by atoms with E-state index in [1.54, 1.807) is 4.90 Å². The molecular weight excluding hydrogens is 410 g/mol. The minimum absolute atomic E-state index is 0.000700. The van der Waals surface area contributed by atoms with Gasteiger partial charge in [0.2, 0.25) is 5.91 Å². The first-order valence-electron chi connectivity index (χ1n) is 12.6. The largest absolute Gasteiger partial charge is 0.353 e. The number of hydrogen-bond donors (Lipinski definition) is 0. The molecule has 0 fully saturated rings. The van der Waals surface area contributed by atoms with E-state index in [-0.39, 0.29) is 24.4 Å². The summed E-state index contributed by atoms with van der Waals surface area (Å²) in [6.45, 7) is 9.66. The van der Waals surface area contributed by atoms with Gasteiger partial charge in [-0.25, -0.2) is 0 Å². The first-order chi connectivity index (χ1) is 15.9. The number of hydrogen-bond acceptors (Lipinski definition) is 2. The number of amides is 2. The summed E-state index contributed by atoms with van der Waals surface area (Å²) in [5.74, 6) is -0.0792. The highest BCUT2D eigenvalue weighted by Gasteiger charge is 2.24. The number of carbonyl (C=O) groups is 2. The van der Waals surface area contributed by atoms with Gasteiger partial charge < -0.3 is 14.4 Å². The Hall–Kier alpha value is -2.56. The maximum Gasteiger partial charge on any atom is 0.254 e. The molecule has 33 heavy (non-hydrogen) atoms. The number of aryl methyl sites for hydroxylation is 2. The Bertz CT molecular complexity index is 854. The van der Waals surface area contributed by atoms with E-state index in [1.165, 1.54) is 31.2 Å². The van der Waals surface area contributed by atoms with E-state index < -0.39 is 0 Å². The van der Waals surface area contributed by atoms with Gasteiger partial charge in [-0.15, -0.1) is 0 Å². The molecule has 0 radical (unpaired) electrons. The monoisotopic (exact) mass is 453 g/mol. The van der Waals surface area contributed by atoms with Gasteiger partial charge in [0.05, 0.1) is 6.54 Å². The third-order valence-corrected chi connectivity index (χ3v) is 6.25. The van der Waals surface area contributed by atoms with Crippen molar-refractivity contribution in [3.05, 3.63) is 59.4 Å². The van der Waals surface area contributed by atoms with Crippen molar-refractivity contribution < 1.29 is 9.59 Å². The van der Waals surface area contributed by atoms with Crippen LogP contribution in [0.2, 0.25) is 0 Å². The molecule has 1 aromatic carbocycles. The number of benzene rings is 1. The third-order valence-electron chi connectivity index (χ3n) is 6.25. The molecule has 0 N–H and O–H groups in total. The van der Waals surface area contributed by atoms with Crippen LogP contribution in [0.25, 0.3) is 0 Å². The molecule has 0 aliphatic carbocycles. The second-order valence-electron chi connectivity index (χ2n) is 9.31. The van der Waals surface area contributed by atoms with Gasteiger partial charge in [0, 0.05) is 37.1 Å². The quantitative estimate of drug-likeness (QED) is 0.338. The van der Waals surface area contributed by atoms with Gasteiger partial charge in [0.15, 0.2) is 0 Å². The van der Waals surface area contributed by atoms with Crippen LogP contribution in [0.4, 0.5) is 0 Å². The molecule has 1 heterocycles. The van der Waals surface area contributed by atoms with Crippen LogP contribution in [0.3, 0.4) is 0 Å². The topological polar surface area (TPSA) is 45.6 Å². The van der Waals surface area contributed by atoms with Crippen LogP contribution in [-0.4, -0.2) is 45.3 Å². The predicted molar refractivity (Wildman–Crippen MR) is 136 cm³/mol. The molecule has 0 bridgehead atoms. The lowest BCUT2D eigenvalue weighted by Gasteiger charge is -2.30. The molecule has 0 aliphatic heterocycles. The fourth-order valence-corrected chi connectivity index (χ4v) is 3.97. The molecular formula is C28H43N3O2. The molecule has 2 amide bonds. The molecule has 182 valence electrons. The molecule has 0 saturated heterocycles. The average molecular weight is 454 g/mol. The lowest BCUT2D eigenvalue weighted by Crippen LogP contribution is -2.46. The first-order valence-corrected chi connectivity index (χ1v) is 12.6. The molecule has 0 atom stereocenters. The van der Waals surface area contributed by atoms with Crippen LogP contribution in [0, 0.1) is 0 Å². The maximum absolute atomic E-state index is 13.3. The molecule has 0 spiro atoms. The first kappa shape index (κ1) is 26.7.